The zero-order valence-electron chi connectivity index (χ0n) is 22.2. The lowest BCUT2D eigenvalue weighted by Crippen LogP contribution is -2.52. The molecule has 0 aromatic heterocycles. The lowest BCUT2D eigenvalue weighted by Gasteiger charge is -2.38. The highest BCUT2D eigenvalue weighted by molar-refractivity contribution is 6.05. The van der Waals surface area contributed by atoms with Crippen LogP contribution in [0.5, 0.6) is 5.75 Å². The van der Waals surface area contributed by atoms with Crippen molar-refractivity contribution in [1.29, 1.82) is 0 Å². The molecule has 6 rings (SSSR count). The van der Waals surface area contributed by atoms with Crippen LogP contribution in [0.15, 0.2) is 42.5 Å². The van der Waals surface area contributed by atoms with Gasteiger partial charge in [-0.15, -0.1) is 0 Å². The van der Waals surface area contributed by atoms with Crippen LogP contribution in [0.3, 0.4) is 0 Å². The Labute approximate surface area is 228 Å². The zero-order valence-corrected chi connectivity index (χ0v) is 22.2. The van der Waals surface area contributed by atoms with Crippen LogP contribution in [0.1, 0.15) is 65.7 Å². The van der Waals surface area contributed by atoms with E-state index in [9.17, 15) is 19.2 Å². The van der Waals surface area contributed by atoms with Gasteiger partial charge in [0.1, 0.15) is 18.4 Å². The molecular formula is C30H34N4O5. The number of nitrogens with zero attached hydrogens (tertiary/aromatic N) is 3. The van der Waals surface area contributed by atoms with E-state index >= 15 is 0 Å². The second kappa shape index (κ2) is 10.4. The summed E-state index contributed by atoms with van der Waals surface area (Å²) in [6.07, 6.45) is 2.67. The van der Waals surface area contributed by atoms with E-state index < -0.39 is 11.9 Å². The average Bonchev–Trinajstić information content (AvgIpc) is 3.75. The molecule has 39 heavy (non-hydrogen) atoms. The monoisotopic (exact) mass is 530 g/mol. The third kappa shape index (κ3) is 5.15. The first-order chi connectivity index (χ1) is 18.9. The Balaban J connectivity index is 1.05. The second-order valence-corrected chi connectivity index (χ2v) is 11.0. The number of imide groups is 1. The van der Waals surface area contributed by atoms with Crippen LogP contribution in [0.4, 0.5) is 0 Å². The molecule has 9 heteroatoms. The van der Waals surface area contributed by atoms with E-state index in [1.807, 2.05) is 11.0 Å². The highest BCUT2D eigenvalue weighted by Gasteiger charge is 2.40. The number of ether oxygens (including phenoxy) is 1. The summed E-state index contributed by atoms with van der Waals surface area (Å²) in [4.78, 5) is 55.3. The van der Waals surface area contributed by atoms with Crippen molar-refractivity contribution in [3.63, 3.8) is 0 Å². The molecule has 2 aromatic carbocycles. The maximum absolute atomic E-state index is 13.0. The van der Waals surface area contributed by atoms with Crippen molar-refractivity contribution in [2.24, 2.45) is 5.92 Å². The molecule has 3 heterocycles. The molecule has 9 nitrogen and oxygen atoms in total. The number of fused-ring (bicyclic) bond motifs is 1. The number of piperidine rings is 1. The first-order valence-electron chi connectivity index (χ1n) is 13.9. The Kier molecular flexibility index (Phi) is 6.85. The molecule has 1 saturated carbocycles. The number of hydrogen-bond donors (Lipinski definition) is 1. The molecule has 0 radical (unpaired) electrons. The number of benzene rings is 2. The van der Waals surface area contributed by atoms with Gasteiger partial charge in [0.2, 0.25) is 17.7 Å². The smallest absolute Gasteiger partial charge is 0.255 e. The van der Waals surface area contributed by atoms with Gasteiger partial charge in [-0.3, -0.25) is 29.4 Å². The van der Waals surface area contributed by atoms with E-state index in [0.717, 1.165) is 50.1 Å². The predicted molar refractivity (Wildman–Crippen MR) is 143 cm³/mol. The highest BCUT2D eigenvalue weighted by atomic mass is 16.5. The third-order valence-corrected chi connectivity index (χ3v) is 8.50. The van der Waals surface area contributed by atoms with Crippen molar-refractivity contribution in [3.8, 4) is 5.75 Å². The molecular weight excluding hydrogens is 496 g/mol. The summed E-state index contributed by atoms with van der Waals surface area (Å²) in [6.45, 7) is 6.23. The number of amides is 4. The van der Waals surface area contributed by atoms with Crippen LogP contribution in [-0.2, 0) is 27.5 Å². The Morgan fingerprint density at radius 2 is 1.74 bits per heavy atom. The van der Waals surface area contributed by atoms with Gasteiger partial charge in [-0.25, -0.2) is 0 Å². The SMILES string of the molecule is C[C@H](c1ccc(COc2cccc3c2CN([C@H]2CCC(=O)NC2=O)C3=O)cc1)N1CCN(C(=O)C2CC2)CC1. The predicted octanol–water partition coefficient (Wildman–Crippen LogP) is 2.64. The Hall–Kier alpha value is -3.72. The van der Waals surface area contributed by atoms with Gasteiger partial charge in [-0.1, -0.05) is 30.3 Å². The highest BCUT2D eigenvalue weighted by Crippen LogP contribution is 2.34. The van der Waals surface area contributed by atoms with Crippen LogP contribution < -0.4 is 10.1 Å². The summed E-state index contributed by atoms with van der Waals surface area (Å²) in [6, 6.07) is 13.4. The van der Waals surface area contributed by atoms with Crippen LogP contribution in [0.25, 0.3) is 0 Å². The average molecular weight is 531 g/mol. The van der Waals surface area contributed by atoms with Gasteiger partial charge in [-0.05, 0) is 49.4 Å². The van der Waals surface area contributed by atoms with Crippen LogP contribution in [0.2, 0.25) is 0 Å². The maximum Gasteiger partial charge on any atom is 0.255 e. The Morgan fingerprint density at radius 1 is 1.00 bits per heavy atom. The molecule has 3 aliphatic heterocycles. The minimum absolute atomic E-state index is 0.207. The fourth-order valence-electron chi connectivity index (χ4n) is 5.87. The zero-order chi connectivity index (χ0) is 27.1. The van der Waals surface area contributed by atoms with Crippen molar-refractivity contribution in [3.05, 3.63) is 64.7 Å². The van der Waals surface area contributed by atoms with Crippen LogP contribution in [0, 0.1) is 5.92 Å². The van der Waals surface area contributed by atoms with E-state index in [1.165, 1.54) is 10.5 Å². The summed E-state index contributed by atoms with van der Waals surface area (Å²) in [5, 5.41) is 2.34. The summed E-state index contributed by atoms with van der Waals surface area (Å²) in [5.74, 6) is 0.326. The van der Waals surface area contributed by atoms with Crippen molar-refractivity contribution in [1.82, 2.24) is 20.0 Å². The molecule has 1 N–H and O–H groups in total. The normalized spacial score (nSPS) is 22.5. The lowest BCUT2D eigenvalue weighted by atomic mass is 10.0. The molecule has 4 aliphatic rings. The van der Waals surface area contributed by atoms with E-state index in [2.05, 4.69) is 41.4 Å². The summed E-state index contributed by atoms with van der Waals surface area (Å²) in [5.41, 5.74) is 3.57. The molecule has 204 valence electrons. The molecule has 4 amide bonds. The standard InChI is InChI=1S/C30H34N4O5/c1-19(32-13-15-33(16-14-32)29(37)22-9-10-22)21-7-5-20(6-8-21)18-39-26-4-2-3-23-24(26)17-34(30(23)38)25-11-12-27(35)31-28(25)36/h2-8,19,22,25H,9-18H2,1H3,(H,31,35,36)/t19-,25+/m1/s1. The Bertz CT molecular complexity index is 1300. The Morgan fingerprint density at radius 3 is 2.44 bits per heavy atom. The number of nitrogens with one attached hydrogen (secondary N) is 1. The van der Waals surface area contributed by atoms with E-state index in [4.69, 9.17) is 4.74 Å². The number of piperazine rings is 1. The van der Waals surface area contributed by atoms with Crippen molar-refractivity contribution in [2.75, 3.05) is 26.2 Å². The lowest BCUT2D eigenvalue weighted by molar-refractivity contribution is -0.137. The molecule has 3 fully saturated rings. The first kappa shape index (κ1) is 25.6. The number of carbonyl (C=O) groups is 4. The van der Waals surface area contributed by atoms with E-state index in [1.54, 1.807) is 12.1 Å². The fraction of sp³-hybridized carbons (Fsp3) is 0.467. The molecule has 0 spiro atoms. The number of carbonyl (C=O) groups excluding carboxylic acids is 4. The van der Waals surface area contributed by atoms with Gasteiger partial charge in [0.15, 0.2) is 0 Å². The molecule has 2 atom stereocenters. The molecule has 0 bridgehead atoms. The third-order valence-electron chi connectivity index (χ3n) is 8.50. The topological polar surface area (TPSA) is 99.3 Å². The molecule has 2 aromatic rings. The maximum atomic E-state index is 13.0. The quantitative estimate of drug-likeness (QED) is 0.553. The summed E-state index contributed by atoms with van der Waals surface area (Å²) >= 11 is 0. The second-order valence-electron chi connectivity index (χ2n) is 11.0. The van der Waals surface area contributed by atoms with Gasteiger partial charge in [0, 0.05) is 55.7 Å². The largest absolute Gasteiger partial charge is 0.489 e. The fourth-order valence-corrected chi connectivity index (χ4v) is 5.87. The van der Waals surface area contributed by atoms with Crippen molar-refractivity contribution < 1.29 is 23.9 Å². The van der Waals surface area contributed by atoms with Crippen LogP contribution in [-0.4, -0.2) is 70.5 Å². The van der Waals surface area contributed by atoms with Crippen molar-refractivity contribution >= 4 is 23.6 Å². The minimum Gasteiger partial charge on any atom is -0.489 e. The first-order valence-corrected chi connectivity index (χ1v) is 13.9. The summed E-state index contributed by atoms with van der Waals surface area (Å²) in [7, 11) is 0. The van der Waals surface area contributed by atoms with Crippen molar-refractivity contribution in [2.45, 2.75) is 57.8 Å². The van der Waals surface area contributed by atoms with E-state index in [-0.39, 0.29) is 36.7 Å². The molecule has 1 aliphatic carbocycles. The molecule has 0 unspecified atom stereocenters. The van der Waals surface area contributed by atoms with Gasteiger partial charge in [0.25, 0.3) is 5.91 Å². The number of hydrogen-bond acceptors (Lipinski definition) is 6. The minimum atomic E-state index is -0.647. The van der Waals surface area contributed by atoms with Gasteiger partial charge in [0.05, 0.1) is 6.54 Å². The van der Waals surface area contributed by atoms with Crippen LogP contribution >= 0.6 is 0 Å². The van der Waals surface area contributed by atoms with Gasteiger partial charge in [-0.2, -0.15) is 0 Å². The molecule has 2 saturated heterocycles. The number of rotatable bonds is 7. The van der Waals surface area contributed by atoms with E-state index in [0.29, 0.717) is 30.2 Å². The van der Waals surface area contributed by atoms with Gasteiger partial charge >= 0.3 is 0 Å². The van der Waals surface area contributed by atoms with Gasteiger partial charge < -0.3 is 14.5 Å². The summed E-state index contributed by atoms with van der Waals surface area (Å²) < 4.78 is 6.16.